The first-order chi connectivity index (χ1) is 15.1. The van der Waals surface area contributed by atoms with E-state index in [1.54, 1.807) is 0 Å². The average Bonchev–Trinajstić information content (AvgIpc) is 2.72. The number of nitrogens with zero attached hydrogens (tertiary/aromatic N) is 1. The van der Waals surface area contributed by atoms with Gasteiger partial charge in [0.1, 0.15) is 6.54 Å². The lowest BCUT2D eigenvalue weighted by Gasteiger charge is -2.30. The van der Waals surface area contributed by atoms with Crippen LogP contribution in [-0.4, -0.2) is 50.5 Å². The third-order valence-electron chi connectivity index (χ3n) is 5.78. The van der Waals surface area contributed by atoms with Crippen LogP contribution in [0.2, 0.25) is 0 Å². The van der Waals surface area contributed by atoms with Crippen molar-refractivity contribution < 1.29 is 26.4 Å². The van der Waals surface area contributed by atoms with Gasteiger partial charge in [0.05, 0.1) is 27.2 Å². The number of hydrogen-bond acceptors (Lipinski definition) is 5. The summed E-state index contributed by atoms with van der Waals surface area (Å²) in [6, 6.07) is 7.79. The Morgan fingerprint density at radius 3 is 1.94 bits per heavy atom. The third-order valence-corrected chi connectivity index (χ3v) is 6.23. The molecule has 0 amide bonds. The topological polar surface area (TPSA) is 83.5 Å². The molecule has 0 aromatic heterocycles. The van der Waals surface area contributed by atoms with Crippen molar-refractivity contribution in [3.63, 3.8) is 0 Å². The standard InChI is InChI=1S/C25H43NO5S/c1-4-5-6-7-8-9-10-11-12-13-15-25(27)24-18-16-23(17-19-24)22-26(2,3)20-14-21-31-32(28,29)30/h16-19H,4-15,20-22H2,1-3H3. The Morgan fingerprint density at radius 1 is 0.875 bits per heavy atom. The van der Waals surface area contributed by atoms with Crippen LogP contribution in [-0.2, 0) is 21.1 Å². The highest BCUT2D eigenvalue weighted by atomic mass is 32.3. The van der Waals surface area contributed by atoms with Crippen molar-refractivity contribution in [3.8, 4) is 0 Å². The summed E-state index contributed by atoms with van der Waals surface area (Å²) in [5.74, 6) is 0.209. The molecule has 0 aliphatic carbocycles. The Kier molecular flexibility index (Phi) is 14.0. The Morgan fingerprint density at radius 2 is 1.41 bits per heavy atom. The molecular weight excluding hydrogens is 426 g/mol. The zero-order chi connectivity index (χ0) is 23.9. The molecule has 0 spiro atoms. The normalized spacial score (nSPS) is 12.2. The van der Waals surface area contributed by atoms with Crippen LogP contribution in [0.1, 0.15) is 99.9 Å². The number of benzene rings is 1. The predicted octanol–water partition coefficient (Wildman–Crippen LogP) is 5.62. The second-order valence-electron chi connectivity index (χ2n) is 9.45. The summed E-state index contributed by atoms with van der Waals surface area (Å²) >= 11 is 0. The van der Waals surface area contributed by atoms with E-state index in [1.165, 1.54) is 51.4 Å². The number of ketones is 1. The van der Waals surface area contributed by atoms with Gasteiger partial charge < -0.3 is 9.04 Å². The second-order valence-corrected chi connectivity index (χ2v) is 10.5. The van der Waals surface area contributed by atoms with E-state index in [0.717, 1.165) is 30.5 Å². The largest absolute Gasteiger partial charge is 0.726 e. The van der Waals surface area contributed by atoms with E-state index in [2.05, 4.69) is 11.1 Å². The van der Waals surface area contributed by atoms with E-state index in [4.69, 9.17) is 0 Å². The first-order valence-electron chi connectivity index (χ1n) is 12.2. The van der Waals surface area contributed by atoms with E-state index in [9.17, 15) is 17.8 Å². The minimum absolute atomic E-state index is 0.0973. The maximum atomic E-state index is 12.4. The molecule has 0 fully saturated rings. The van der Waals surface area contributed by atoms with Crippen LogP contribution in [0.3, 0.4) is 0 Å². The highest BCUT2D eigenvalue weighted by molar-refractivity contribution is 7.80. The molecule has 0 bridgehead atoms. The summed E-state index contributed by atoms with van der Waals surface area (Å²) in [7, 11) is -0.545. The van der Waals surface area contributed by atoms with Gasteiger partial charge in [-0.3, -0.25) is 8.98 Å². The lowest BCUT2D eigenvalue weighted by molar-refractivity contribution is -0.903. The number of rotatable bonds is 19. The van der Waals surface area contributed by atoms with Gasteiger partial charge in [0.15, 0.2) is 5.78 Å². The molecule has 0 N–H and O–H groups in total. The fraction of sp³-hybridized carbons (Fsp3) is 0.720. The van der Waals surface area contributed by atoms with Crippen LogP contribution in [0.4, 0.5) is 0 Å². The molecule has 6 nitrogen and oxygen atoms in total. The predicted molar refractivity (Wildman–Crippen MR) is 128 cm³/mol. The fourth-order valence-electron chi connectivity index (χ4n) is 3.94. The highest BCUT2D eigenvalue weighted by Crippen LogP contribution is 2.15. The summed E-state index contributed by atoms with van der Waals surface area (Å²) in [5, 5.41) is 0. The lowest BCUT2D eigenvalue weighted by atomic mass is 10.0. The molecule has 1 aromatic carbocycles. The number of carbonyl (C=O) groups is 1. The maximum absolute atomic E-state index is 12.4. The number of Topliss-reactive ketones (excluding diaryl/α,β-unsaturated/α-hetero) is 1. The van der Waals surface area contributed by atoms with Gasteiger partial charge in [-0.1, -0.05) is 89.0 Å². The van der Waals surface area contributed by atoms with Gasteiger partial charge in [-0.2, -0.15) is 0 Å². The van der Waals surface area contributed by atoms with Crippen LogP contribution in [0.5, 0.6) is 0 Å². The molecule has 0 atom stereocenters. The number of hydrogen-bond donors (Lipinski definition) is 0. The van der Waals surface area contributed by atoms with E-state index >= 15 is 0 Å². The van der Waals surface area contributed by atoms with Crippen molar-refractivity contribution in [2.45, 2.75) is 90.5 Å². The van der Waals surface area contributed by atoms with Crippen molar-refractivity contribution >= 4 is 16.2 Å². The van der Waals surface area contributed by atoms with E-state index in [1.807, 2.05) is 38.4 Å². The minimum Gasteiger partial charge on any atom is -0.726 e. The smallest absolute Gasteiger partial charge is 0.217 e. The van der Waals surface area contributed by atoms with Crippen molar-refractivity contribution in [3.05, 3.63) is 35.4 Å². The fourth-order valence-corrected chi connectivity index (χ4v) is 4.26. The zero-order valence-corrected chi connectivity index (χ0v) is 21.1. The van der Waals surface area contributed by atoms with E-state index < -0.39 is 10.4 Å². The van der Waals surface area contributed by atoms with Crippen molar-refractivity contribution in [1.82, 2.24) is 0 Å². The lowest BCUT2D eigenvalue weighted by Crippen LogP contribution is -2.40. The summed E-state index contributed by atoms with van der Waals surface area (Å²) in [5.41, 5.74) is 1.88. The Balaban J connectivity index is 2.24. The van der Waals surface area contributed by atoms with Gasteiger partial charge in [-0.05, 0) is 6.42 Å². The second kappa shape index (κ2) is 15.5. The van der Waals surface area contributed by atoms with Gasteiger partial charge in [-0.15, -0.1) is 0 Å². The molecule has 0 saturated carbocycles. The van der Waals surface area contributed by atoms with Gasteiger partial charge in [0.25, 0.3) is 0 Å². The number of unbranched alkanes of at least 4 members (excludes halogenated alkanes) is 9. The monoisotopic (exact) mass is 469 g/mol. The van der Waals surface area contributed by atoms with Gasteiger partial charge >= 0.3 is 0 Å². The zero-order valence-electron chi connectivity index (χ0n) is 20.3. The first-order valence-corrected chi connectivity index (χ1v) is 13.5. The molecule has 32 heavy (non-hydrogen) atoms. The van der Waals surface area contributed by atoms with Crippen molar-refractivity contribution in [1.29, 1.82) is 0 Å². The van der Waals surface area contributed by atoms with Crippen LogP contribution in [0, 0.1) is 0 Å². The molecule has 0 radical (unpaired) electrons. The van der Waals surface area contributed by atoms with Crippen molar-refractivity contribution in [2.75, 3.05) is 27.2 Å². The van der Waals surface area contributed by atoms with Gasteiger partial charge in [-0.25, -0.2) is 8.42 Å². The number of quaternary nitrogens is 1. The SMILES string of the molecule is CCCCCCCCCCCCC(=O)c1ccc(C[N+](C)(C)CCCOS(=O)(=O)[O-])cc1. The summed E-state index contributed by atoms with van der Waals surface area (Å²) in [6.07, 6.45) is 13.7. The quantitative estimate of drug-likeness (QED) is 0.0863. The van der Waals surface area contributed by atoms with Crippen LogP contribution >= 0.6 is 0 Å². The molecule has 184 valence electrons. The average molecular weight is 470 g/mol. The molecule has 0 aliphatic rings. The van der Waals surface area contributed by atoms with Crippen molar-refractivity contribution in [2.24, 2.45) is 0 Å². The van der Waals surface area contributed by atoms with Gasteiger partial charge in [0.2, 0.25) is 10.4 Å². The van der Waals surface area contributed by atoms with E-state index in [0.29, 0.717) is 23.9 Å². The first kappa shape index (κ1) is 28.8. The third kappa shape index (κ3) is 14.7. The van der Waals surface area contributed by atoms with Crippen LogP contribution < -0.4 is 0 Å². The molecule has 0 heterocycles. The Labute approximate surface area is 195 Å². The molecule has 0 saturated heterocycles. The molecule has 1 rings (SSSR count). The molecular formula is C25H43NO5S. The van der Waals surface area contributed by atoms with E-state index in [-0.39, 0.29) is 12.4 Å². The van der Waals surface area contributed by atoms with Crippen LogP contribution in [0.15, 0.2) is 24.3 Å². The Bertz CT molecular complexity index is 744. The summed E-state index contributed by atoms with van der Waals surface area (Å²) in [4.78, 5) is 12.4. The molecule has 1 aromatic rings. The van der Waals surface area contributed by atoms with Gasteiger partial charge in [0, 0.05) is 24.0 Å². The maximum Gasteiger partial charge on any atom is 0.217 e. The summed E-state index contributed by atoms with van der Waals surface area (Å²) < 4.78 is 36.4. The minimum atomic E-state index is -4.62. The highest BCUT2D eigenvalue weighted by Gasteiger charge is 2.16. The number of carbonyl (C=O) groups excluding carboxylic acids is 1. The Hall–Kier alpha value is -1.28. The molecule has 0 unspecified atom stereocenters. The molecule has 7 heteroatoms. The summed E-state index contributed by atoms with van der Waals surface area (Å²) in [6.45, 7) is 3.57. The molecule has 0 aliphatic heterocycles. The van der Waals surface area contributed by atoms with Crippen LogP contribution in [0.25, 0.3) is 0 Å².